The fourth-order valence-corrected chi connectivity index (χ4v) is 2.28. The summed E-state index contributed by atoms with van der Waals surface area (Å²) >= 11 is 0. The number of Topliss-reactive ketones (excluding diaryl/α,β-unsaturated/α-hetero) is 1. The molecule has 1 unspecified atom stereocenters. The van der Waals surface area contributed by atoms with Gasteiger partial charge in [-0.15, -0.1) is 0 Å². The lowest BCUT2D eigenvalue weighted by atomic mass is 9.86. The maximum Gasteiger partial charge on any atom is 0.166 e. The summed E-state index contributed by atoms with van der Waals surface area (Å²) in [6.07, 6.45) is -0.438. The molecule has 2 heteroatoms. The second-order valence-corrected chi connectivity index (χ2v) is 3.89. The van der Waals surface area contributed by atoms with Crippen molar-refractivity contribution in [1.29, 1.82) is 0 Å². The van der Waals surface area contributed by atoms with Gasteiger partial charge in [-0.25, -0.2) is 0 Å². The van der Waals surface area contributed by atoms with Crippen molar-refractivity contribution >= 4 is 16.6 Å². The molecule has 3 rings (SSSR count). The molecule has 0 heterocycles. The first-order valence-electron chi connectivity index (χ1n) is 5.00. The van der Waals surface area contributed by atoms with E-state index in [9.17, 15) is 9.90 Å². The minimum absolute atomic E-state index is 0.0341. The van der Waals surface area contributed by atoms with E-state index >= 15 is 0 Å². The van der Waals surface area contributed by atoms with Gasteiger partial charge in [0, 0.05) is 12.0 Å². The summed E-state index contributed by atoms with van der Waals surface area (Å²) in [5.74, 6) is 0.0341. The van der Waals surface area contributed by atoms with Gasteiger partial charge >= 0.3 is 0 Å². The standard InChI is InChI=1S/C13H10O2/c14-11-7-12(15)10-6-2-4-8-3-1-5-9(11)13(8)10/h1-6,11,14H,7H2. The van der Waals surface area contributed by atoms with Gasteiger partial charge in [-0.05, 0) is 16.3 Å². The van der Waals surface area contributed by atoms with E-state index in [1.54, 1.807) is 0 Å². The molecule has 1 N–H and O–H groups in total. The van der Waals surface area contributed by atoms with E-state index in [2.05, 4.69) is 0 Å². The van der Waals surface area contributed by atoms with Crippen LogP contribution in [0.4, 0.5) is 0 Å². The number of hydrogen-bond donors (Lipinski definition) is 1. The minimum Gasteiger partial charge on any atom is -0.388 e. The van der Waals surface area contributed by atoms with Crippen molar-refractivity contribution < 1.29 is 9.90 Å². The molecule has 2 nitrogen and oxygen atoms in total. The van der Waals surface area contributed by atoms with Crippen LogP contribution in [-0.2, 0) is 0 Å². The zero-order chi connectivity index (χ0) is 10.4. The van der Waals surface area contributed by atoms with E-state index in [0.717, 1.165) is 21.9 Å². The molecule has 0 bridgehead atoms. The molecule has 1 aliphatic rings. The van der Waals surface area contributed by atoms with Crippen LogP contribution in [0.2, 0.25) is 0 Å². The average Bonchev–Trinajstić information content (AvgIpc) is 2.25. The maximum absolute atomic E-state index is 11.7. The topological polar surface area (TPSA) is 37.3 Å². The van der Waals surface area contributed by atoms with Crippen LogP contribution in [0.15, 0.2) is 36.4 Å². The Labute approximate surface area is 87.2 Å². The second kappa shape index (κ2) is 2.91. The molecular weight excluding hydrogens is 188 g/mol. The van der Waals surface area contributed by atoms with Gasteiger partial charge in [-0.1, -0.05) is 36.4 Å². The lowest BCUT2D eigenvalue weighted by Crippen LogP contribution is -2.14. The molecule has 0 saturated heterocycles. The number of ketones is 1. The Morgan fingerprint density at radius 3 is 2.67 bits per heavy atom. The SMILES string of the molecule is O=C1CC(O)c2cccc3cccc1c23. The Hall–Kier alpha value is -1.67. The number of rotatable bonds is 0. The van der Waals surface area contributed by atoms with Crippen LogP contribution in [0.25, 0.3) is 10.8 Å². The third-order valence-electron chi connectivity index (χ3n) is 2.98. The molecule has 1 aliphatic carbocycles. The molecule has 0 aromatic heterocycles. The highest BCUT2D eigenvalue weighted by molar-refractivity contribution is 6.11. The highest BCUT2D eigenvalue weighted by Crippen LogP contribution is 2.34. The Morgan fingerprint density at radius 2 is 1.87 bits per heavy atom. The summed E-state index contributed by atoms with van der Waals surface area (Å²) < 4.78 is 0. The molecule has 0 saturated carbocycles. The van der Waals surface area contributed by atoms with Crippen LogP contribution in [0.3, 0.4) is 0 Å². The van der Waals surface area contributed by atoms with Gasteiger partial charge < -0.3 is 5.11 Å². The van der Waals surface area contributed by atoms with Crippen molar-refractivity contribution in [2.45, 2.75) is 12.5 Å². The summed E-state index contributed by atoms with van der Waals surface area (Å²) in [5, 5.41) is 11.8. The zero-order valence-corrected chi connectivity index (χ0v) is 8.10. The first kappa shape index (κ1) is 8.62. The van der Waals surface area contributed by atoms with Gasteiger partial charge in [-0.2, -0.15) is 0 Å². The van der Waals surface area contributed by atoms with Crippen molar-refractivity contribution in [3.8, 4) is 0 Å². The van der Waals surface area contributed by atoms with Crippen LogP contribution in [0, 0.1) is 0 Å². The van der Waals surface area contributed by atoms with Crippen molar-refractivity contribution in [1.82, 2.24) is 0 Å². The fourth-order valence-electron chi connectivity index (χ4n) is 2.28. The van der Waals surface area contributed by atoms with Gasteiger partial charge in [0.25, 0.3) is 0 Å². The van der Waals surface area contributed by atoms with Gasteiger partial charge in [0.05, 0.1) is 6.10 Å². The molecule has 0 radical (unpaired) electrons. The lowest BCUT2D eigenvalue weighted by Gasteiger charge is -2.20. The number of aliphatic hydroxyl groups excluding tert-OH is 1. The summed E-state index contributed by atoms with van der Waals surface area (Å²) in [4.78, 5) is 11.7. The van der Waals surface area contributed by atoms with Gasteiger partial charge in [0.15, 0.2) is 5.78 Å². The summed E-state index contributed by atoms with van der Waals surface area (Å²) in [7, 11) is 0. The Kier molecular flexibility index (Phi) is 1.67. The Balaban J connectivity index is 2.50. The van der Waals surface area contributed by atoms with Gasteiger partial charge in [-0.3, -0.25) is 4.79 Å². The van der Waals surface area contributed by atoms with Gasteiger partial charge in [0.2, 0.25) is 0 Å². The Morgan fingerprint density at radius 1 is 1.13 bits per heavy atom. The van der Waals surface area contributed by atoms with E-state index < -0.39 is 6.10 Å². The van der Waals surface area contributed by atoms with Crippen molar-refractivity contribution in [2.75, 3.05) is 0 Å². The molecule has 1 atom stereocenters. The van der Waals surface area contributed by atoms with Crippen molar-refractivity contribution in [2.24, 2.45) is 0 Å². The largest absolute Gasteiger partial charge is 0.388 e. The Bertz CT molecular complexity index is 552. The van der Waals surface area contributed by atoms with Crippen LogP contribution >= 0.6 is 0 Å². The molecule has 2 aromatic carbocycles. The van der Waals surface area contributed by atoms with E-state index in [0.29, 0.717) is 0 Å². The summed E-state index contributed by atoms with van der Waals surface area (Å²) in [6.45, 7) is 0. The average molecular weight is 198 g/mol. The second-order valence-electron chi connectivity index (χ2n) is 3.89. The first-order chi connectivity index (χ1) is 7.27. The molecule has 15 heavy (non-hydrogen) atoms. The maximum atomic E-state index is 11.7. The first-order valence-corrected chi connectivity index (χ1v) is 5.00. The molecular formula is C13H10O2. The molecule has 0 aliphatic heterocycles. The smallest absolute Gasteiger partial charge is 0.166 e. The van der Waals surface area contributed by atoms with Crippen molar-refractivity contribution in [3.63, 3.8) is 0 Å². The predicted molar refractivity (Wildman–Crippen MR) is 57.9 cm³/mol. The molecule has 0 fully saturated rings. The number of carbonyl (C=O) groups excluding carboxylic acids is 1. The quantitative estimate of drug-likeness (QED) is 0.706. The van der Waals surface area contributed by atoms with E-state index in [4.69, 9.17) is 0 Å². The lowest BCUT2D eigenvalue weighted by molar-refractivity contribution is 0.0872. The molecule has 0 spiro atoms. The van der Waals surface area contributed by atoms with Crippen LogP contribution in [-0.4, -0.2) is 10.9 Å². The number of benzene rings is 2. The predicted octanol–water partition coefficient (Wildman–Crippen LogP) is 2.46. The third-order valence-corrected chi connectivity index (χ3v) is 2.98. The number of hydrogen-bond acceptors (Lipinski definition) is 2. The highest BCUT2D eigenvalue weighted by Gasteiger charge is 2.24. The summed E-state index contributed by atoms with van der Waals surface area (Å²) in [5.41, 5.74) is 1.62. The van der Waals surface area contributed by atoms with E-state index in [-0.39, 0.29) is 12.2 Å². The molecule has 2 aromatic rings. The highest BCUT2D eigenvalue weighted by atomic mass is 16.3. The number of carbonyl (C=O) groups is 1. The zero-order valence-electron chi connectivity index (χ0n) is 8.10. The molecule has 74 valence electrons. The van der Waals surface area contributed by atoms with Crippen LogP contribution < -0.4 is 0 Å². The van der Waals surface area contributed by atoms with Crippen molar-refractivity contribution in [3.05, 3.63) is 47.5 Å². The molecule has 0 amide bonds. The number of aliphatic hydroxyl groups is 1. The minimum atomic E-state index is -0.643. The summed E-state index contributed by atoms with van der Waals surface area (Å²) in [6, 6.07) is 11.5. The van der Waals surface area contributed by atoms with Crippen LogP contribution in [0.1, 0.15) is 28.4 Å². The van der Waals surface area contributed by atoms with E-state index in [1.807, 2.05) is 36.4 Å². The van der Waals surface area contributed by atoms with Crippen LogP contribution in [0.5, 0.6) is 0 Å². The van der Waals surface area contributed by atoms with E-state index in [1.165, 1.54) is 0 Å². The third kappa shape index (κ3) is 1.12. The monoisotopic (exact) mass is 198 g/mol. The normalized spacial score (nSPS) is 19.5. The van der Waals surface area contributed by atoms with Gasteiger partial charge in [0.1, 0.15) is 0 Å². The fraction of sp³-hybridized carbons (Fsp3) is 0.154.